The third-order valence-electron chi connectivity index (χ3n) is 3.00. The third-order valence-corrected chi connectivity index (χ3v) is 4.25. The molecule has 0 amide bonds. The maximum atomic E-state index is 10.6. The molecule has 3 nitrogen and oxygen atoms in total. The van der Waals surface area contributed by atoms with Crippen molar-refractivity contribution in [3.05, 3.63) is 0 Å². The molecular weight excluding hydrogens is 198 g/mol. The van der Waals surface area contributed by atoms with Crippen LogP contribution in [0, 0.1) is 5.92 Å². The van der Waals surface area contributed by atoms with Gasteiger partial charge in [-0.05, 0) is 32.1 Å². The van der Waals surface area contributed by atoms with Gasteiger partial charge in [0.2, 0.25) is 0 Å². The van der Waals surface area contributed by atoms with E-state index < -0.39 is 5.97 Å². The Balaban J connectivity index is 1.90. The van der Waals surface area contributed by atoms with Gasteiger partial charge in [0, 0.05) is 11.7 Å². The fourth-order valence-electron chi connectivity index (χ4n) is 2.39. The predicted octanol–water partition coefficient (Wildman–Crippen LogP) is 2.16. The van der Waals surface area contributed by atoms with Crippen LogP contribution in [0.25, 0.3) is 0 Å². The van der Waals surface area contributed by atoms with Crippen molar-refractivity contribution in [2.24, 2.45) is 10.9 Å². The molecule has 3 unspecified atom stereocenters. The summed E-state index contributed by atoms with van der Waals surface area (Å²) in [6, 6.07) is 0.477. The lowest BCUT2D eigenvalue weighted by molar-refractivity contribution is -0.138. The Morgan fingerprint density at radius 3 is 3.14 bits per heavy atom. The quantitative estimate of drug-likeness (QED) is 0.764. The normalized spacial score (nSPS) is 36.4. The van der Waals surface area contributed by atoms with Crippen LogP contribution in [-0.2, 0) is 4.79 Å². The van der Waals surface area contributed by atoms with E-state index in [0.717, 1.165) is 19.3 Å². The van der Waals surface area contributed by atoms with Crippen molar-refractivity contribution < 1.29 is 9.90 Å². The summed E-state index contributed by atoms with van der Waals surface area (Å²) in [6.45, 7) is 2.05. The molecule has 1 saturated carbocycles. The van der Waals surface area contributed by atoms with Crippen molar-refractivity contribution in [3.8, 4) is 0 Å². The van der Waals surface area contributed by atoms with E-state index in [-0.39, 0.29) is 0 Å². The first-order chi connectivity index (χ1) is 6.65. The van der Waals surface area contributed by atoms with Crippen LogP contribution in [0.3, 0.4) is 0 Å². The molecule has 1 aliphatic carbocycles. The summed E-state index contributed by atoms with van der Waals surface area (Å²) >= 11 is 1.84. The zero-order chi connectivity index (χ0) is 10.1. The van der Waals surface area contributed by atoms with E-state index in [1.54, 1.807) is 0 Å². The molecule has 0 aromatic rings. The van der Waals surface area contributed by atoms with Crippen molar-refractivity contribution in [2.75, 3.05) is 0 Å². The monoisotopic (exact) mass is 213 g/mol. The number of carboxylic acid groups (broad SMARTS) is 1. The molecule has 2 aliphatic rings. The number of aliphatic carboxylic acids is 1. The number of rotatable bonds is 2. The fourth-order valence-corrected chi connectivity index (χ4v) is 3.74. The van der Waals surface area contributed by atoms with E-state index in [4.69, 9.17) is 5.11 Å². The molecular formula is C10H15NO2S. The molecule has 0 aromatic carbocycles. The average Bonchev–Trinajstić information content (AvgIpc) is 2.42. The molecule has 0 radical (unpaired) electrons. The molecule has 3 atom stereocenters. The third kappa shape index (κ3) is 2.11. The molecule has 1 aliphatic heterocycles. The number of carboxylic acids is 1. The van der Waals surface area contributed by atoms with Crippen LogP contribution in [0.2, 0.25) is 0 Å². The number of aliphatic imine (C=N–C) groups is 1. The lowest BCUT2D eigenvalue weighted by Gasteiger charge is -2.28. The Kier molecular flexibility index (Phi) is 2.81. The zero-order valence-corrected chi connectivity index (χ0v) is 9.09. The van der Waals surface area contributed by atoms with Gasteiger partial charge in [-0.15, -0.1) is 11.8 Å². The van der Waals surface area contributed by atoms with Gasteiger partial charge in [-0.25, -0.2) is 0 Å². The van der Waals surface area contributed by atoms with Crippen molar-refractivity contribution in [1.82, 2.24) is 0 Å². The summed E-state index contributed by atoms with van der Waals surface area (Å²) in [6.07, 6.45) is 3.48. The SMILES string of the molecule is CC1=NC2CCC(CC(=O)O)CC2S1. The highest BCUT2D eigenvalue weighted by Gasteiger charge is 2.35. The Morgan fingerprint density at radius 1 is 1.64 bits per heavy atom. The van der Waals surface area contributed by atoms with E-state index in [2.05, 4.69) is 11.9 Å². The highest BCUT2D eigenvalue weighted by Crippen LogP contribution is 2.40. The van der Waals surface area contributed by atoms with Gasteiger partial charge in [0.1, 0.15) is 0 Å². The summed E-state index contributed by atoms with van der Waals surface area (Å²) < 4.78 is 0. The lowest BCUT2D eigenvalue weighted by Crippen LogP contribution is -2.28. The first kappa shape index (κ1) is 10.0. The van der Waals surface area contributed by atoms with Crippen molar-refractivity contribution >= 4 is 22.8 Å². The first-order valence-corrected chi connectivity index (χ1v) is 5.96. The summed E-state index contributed by atoms with van der Waals surface area (Å²) in [7, 11) is 0. The van der Waals surface area contributed by atoms with Gasteiger partial charge in [-0.1, -0.05) is 0 Å². The number of nitrogens with zero attached hydrogens (tertiary/aromatic N) is 1. The van der Waals surface area contributed by atoms with Crippen molar-refractivity contribution in [2.45, 2.75) is 43.9 Å². The van der Waals surface area contributed by atoms with Gasteiger partial charge in [0.05, 0.1) is 11.1 Å². The second kappa shape index (κ2) is 3.93. The zero-order valence-electron chi connectivity index (χ0n) is 8.27. The summed E-state index contributed by atoms with van der Waals surface area (Å²) in [5.74, 6) is -0.281. The molecule has 1 N–H and O–H groups in total. The molecule has 78 valence electrons. The van der Waals surface area contributed by atoms with E-state index in [1.807, 2.05) is 11.8 Å². The fraction of sp³-hybridized carbons (Fsp3) is 0.800. The molecule has 0 bridgehead atoms. The lowest BCUT2D eigenvalue weighted by atomic mass is 9.84. The van der Waals surface area contributed by atoms with Crippen LogP contribution in [0.1, 0.15) is 32.6 Å². The second-order valence-electron chi connectivity index (χ2n) is 4.15. The largest absolute Gasteiger partial charge is 0.481 e. The molecule has 0 spiro atoms. The standard InChI is InChI=1S/C10H15NO2S/c1-6-11-8-3-2-7(5-10(12)13)4-9(8)14-6/h7-9H,2-5H2,1H3,(H,12,13). The highest BCUT2D eigenvalue weighted by atomic mass is 32.2. The number of hydrogen-bond donors (Lipinski definition) is 1. The molecule has 1 fully saturated rings. The summed E-state index contributed by atoms with van der Waals surface area (Å²) in [5.41, 5.74) is 0. The van der Waals surface area contributed by atoms with E-state index in [9.17, 15) is 4.79 Å². The molecule has 1 heterocycles. The maximum Gasteiger partial charge on any atom is 0.303 e. The number of hydrogen-bond acceptors (Lipinski definition) is 3. The Bertz CT molecular complexity index is 277. The van der Waals surface area contributed by atoms with Gasteiger partial charge in [-0.2, -0.15) is 0 Å². The van der Waals surface area contributed by atoms with Crippen LogP contribution in [0.15, 0.2) is 4.99 Å². The first-order valence-electron chi connectivity index (χ1n) is 5.08. The van der Waals surface area contributed by atoms with E-state index >= 15 is 0 Å². The topological polar surface area (TPSA) is 49.7 Å². The molecule has 0 saturated heterocycles. The van der Waals surface area contributed by atoms with Crippen LogP contribution < -0.4 is 0 Å². The Labute approximate surface area is 88.0 Å². The van der Waals surface area contributed by atoms with Gasteiger partial charge in [-0.3, -0.25) is 9.79 Å². The Hall–Kier alpha value is -0.510. The van der Waals surface area contributed by atoms with Crippen molar-refractivity contribution in [3.63, 3.8) is 0 Å². The van der Waals surface area contributed by atoms with Crippen LogP contribution in [-0.4, -0.2) is 27.4 Å². The molecule has 4 heteroatoms. The average molecular weight is 213 g/mol. The predicted molar refractivity (Wildman–Crippen MR) is 57.9 cm³/mol. The molecule has 0 aromatic heterocycles. The highest BCUT2D eigenvalue weighted by molar-refractivity contribution is 8.14. The second-order valence-corrected chi connectivity index (χ2v) is 5.58. The van der Waals surface area contributed by atoms with Gasteiger partial charge in [0.25, 0.3) is 0 Å². The number of fused-ring (bicyclic) bond motifs is 1. The van der Waals surface area contributed by atoms with E-state index in [1.165, 1.54) is 5.04 Å². The van der Waals surface area contributed by atoms with Gasteiger partial charge in [0.15, 0.2) is 0 Å². The summed E-state index contributed by atoms with van der Waals surface area (Å²) in [5, 5.41) is 10.5. The number of carbonyl (C=O) groups is 1. The van der Waals surface area contributed by atoms with E-state index in [0.29, 0.717) is 23.6 Å². The molecule has 2 rings (SSSR count). The Morgan fingerprint density at radius 2 is 2.43 bits per heavy atom. The van der Waals surface area contributed by atoms with Gasteiger partial charge >= 0.3 is 5.97 Å². The maximum absolute atomic E-state index is 10.6. The summed E-state index contributed by atoms with van der Waals surface area (Å²) in [4.78, 5) is 15.1. The number of thioether (sulfide) groups is 1. The van der Waals surface area contributed by atoms with Gasteiger partial charge < -0.3 is 5.11 Å². The van der Waals surface area contributed by atoms with Crippen LogP contribution >= 0.6 is 11.8 Å². The minimum atomic E-state index is -0.658. The van der Waals surface area contributed by atoms with Crippen LogP contribution in [0.5, 0.6) is 0 Å². The molecule has 14 heavy (non-hydrogen) atoms. The minimum absolute atomic E-state index is 0.336. The van der Waals surface area contributed by atoms with Crippen LogP contribution in [0.4, 0.5) is 0 Å². The smallest absolute Gasteiger partial charge is 0.303 e. The minimum Gasteiger partial charge on any atom is -0.481 e. The van der Waals surface area contributed by atoms with Crippen molar-refractivity contribution in [1.29, 1.82) is 0 Å².